The predicted molar refractivity (Wildman–Crippen MR) is 83.2 cm³/mol. The van der Waals surface area contributed by atoms with Crippen LogP contribution in [-0.4, -0.2) is 18.6 Å². The quantitative estimate of drug-likeness (QED) is 0.324. The van der Waals surface area contributed by atoms with Gasteiger partial charge in [-0.2, -0.15) is 8.78 Å². The zero-order valence-corrected chi connectivity index (χ0v) is 13.8. The van der Waals surface area contributed by atoms with E-state index in [2.05, 4.69) is 4.74 Å². The van der Waals surface area contributed by atoms with E-state index in [1.165, 1.54) is 0 Å². The van der Waals surface area contributed by atoms with Crippen molar-refractivity contribution < 1.29 is 40.3 Å². The number of hydrogen-bond acceptors (Lipinski definition) is 2. The zero-order chi connectivity index (χ0) is 21.0. The molecule has 0 saturated carbocycles. The van der Waals surface area contributed by atoms with E-state index in [1.807, 2.05) is 5.92 Å². The van der Waals surface area contributed by atoms with E-state index >= 15 is 0 Å². The number of hydrogen-bond donors (Lipinski definition) is 0. The summed E-state index contributed by atoms with van der Waals surface area (Å²) in [5, 5.41) is 0. The number of carbonyl (C=O) groups is 1. The smallest absolute Gasteiger partial charge is 0.423 e. The highest BCUT2D eigenvalue weighted by molar-refractivity contribution is 6.02. The molecule has 2 aromatic carbocycles. The molecule has 3 nitrogen and oxygen atoms in total. The summed E-state index contributed by atoms with van der Waals surface area (Å²) < 4.78 is 102. The molecule has 0 atom stereocenters. The summed E-state index contributed by atoms with van der Waals surface area (Å²) in [4.78, 5) is 12.2. The van der Waals surface area contributed by atoms with Crippen LogP contribution in [0.4, 0.5) is 36.4 Å². The number of amides is 1. The van der Waals surface area contributed by atoms with Gasteiger partial charge in [0.2, 0.25) is 0 Å². The third-order valence-electron chi connectivity index (χ3n) is 4.07. The van der Waals surface area contributed by atoms with Crippen molar-refractivity contribution in [3.05, 3.63) is 46.8 Å². The van der Waals surface area contributed by atoms with Crippen molar-refractivity contribution >= 4 is 11.6 Å². The van der Waals surface area contributed by atoms with Gasteiger partial charge in [-0.25, -0.2) is 22.0 Å². The monoisotopic (exact) mass is 403 g/mol. The second kappa shape index (κ2) is 6.44. The topological polar surface area (TPSA) is 29.5 Å². The molecule has 0 spiro atoms. The van der Waals surface area contributed by atoms with Gasteiger partial charge in [-0.05, 0) is 13.0 Å². The molecule has 10 heteroatoms. The molecular formula is C18H8F7NO2. The van der Waals surface area contributed by atoms with Crippen LogP contribution in [0.2, 0.25) is 0 Å². The second-order valence-electron chi connectivity index (χ2n) is 5.77. The first kappa shape index (κ1) is 19.5. The molecule has 3 rings (SSSR count). The van der Waals surface area contributed by atoms with Gasteiger partial charge in [0, 0.05) is 17.2 Å². The van der Waals surface area contributed by atoms with E-state index in [9.17, 15) is 35.5 Å². The fourth-order valence-corrected chi connectivity index (χ4v) is 2.71. The number of halogens is 7. The Hall–Kier alpha value is -3.22. The number of carbonyl (C=O) groups excluding carboxylic acids is 1. The summed E-state index contributed by atoms with van der Waals surface area (Å²) in [6.07, 6.45) is 0.682. The standard InChI is InChI=1S/C18H8F7NO2/c1-3-4-26-10-5-8(9(19)6-11(10)28-18(24,25)17(26)27)12-13(20)7(2)14(21)16(23)15(12)22/h1,5-6H,4H2,2H3. The van der Waals surface area contributed by atoms with Crippen LogP contribution in [-0.2, 0) is 4.79 Å². The van der Waals surface area contributed by atoms with E-state index in [4.69, 9.17) is 6.42 Å². The number of alkyl halides is 2. The van der Waals surface area contributed by atoms with E-state index < -0.39 is 75.8 Å². The Balaban J connectivity index is 2.32. The van der Waals surface area contributed by atoms with Crippen molar-refractivity contribution in [3.63, 3.8) is 0 Å². The van der Waals surface area contributed by atoms with E-state index in [0.717, 1.165) is 6.92 Å². The molecule has 146 valence electrons. The maximum absolute atomic E-state index is 14.4. The first-order chi connectivity index (χ1) is 13.0. The molecule has 0 radical (unpaired) electrons. The fourth-order valence-electron chi connectivity index (χ4n) is 2.71. The SMILES string of the molecule is C#CCN1C(=O)C(F)(F)Oc2cc(F)c(-c3c(F)c(C)c(F)c(F)c3F)cc21. The number of nitrogens with zero attached hydrogens (tertiary/aromatic N) is 1. The number of ether oxygens (including phenoxy) is 1. The third kappa shape index (κ3) is 2.74. The summed E-state index contributed by atoms with van der Waals surface area (Å²) in [5.41, 5.74) is -3.67. The summed E-state index contributed by atoms with van der Waals surface area (Å²) >= 11 is 0. The molecular weight excluding hydrogens is 395 g/mol. The summed E-state index contributed by atoms with van der Waals surface area (Å²) in [7, 11) is 0. The van der Waals surface area contributed by atoms with Crippen molar-refractivity contribution in [2.75, 3.05) is 11.4 Å². The predicted octanol–water partition coefficient (Wildman–Crippen LogP) is 4.31. The van der Waals surface area contributed by atoms with E-state index in [-0.39, 0.29) is 0 Å². The highest BCUT2D eigenvalue weighted by Gasteiger charge is 2.50. The minimum atomic E-state index is -4.35. The Labute approximate surface area is 153 Å². The lowest BCUT2D eigenvalue weighted by atomic mass is 9.98. The highest BCUT2D eigenvalue weighted by Crippen LogP contribution is 2.44. The lowest BCUT2D eigenvalue weighted by Gasteiger charge is -2.32. The lowest BCUT2D eigenvalue weighted by molar-refractivity contribution is -0.192. The molecule has 1 amide bonds. The molecule has 0 bridgehead atoms. The molecule has 0 aromatic heterocycles. The Kier molecular flexibility index (Phi) is 4.49. The van der Waals surface area contributed by atoms with Crippen LogP contribution in [0.3, 0.4) is 0 Å². The average Bonchev–Trinajstić information content (AvgIpc) is 2.63. The van der Waals surface area contributed by atoms with Crippen LogP contribution in [0.25, 0.3) is 11.1 Å². The summed E-state index contributed by atoms with van der Waals surface area (Å²) in [6.45, 7) is 0.0997. The van der Waals surface area contributed by atoms with Crippen LogP contribution in [0.1, 0.15) is 5.56 Å². The lowest BCUT2D eigenvalue weighted by Crippen LogP contribution is -2.51. The number of anilines is 1. The van der Waals surface area contributed by atoms with Crippen molar-refractivity contribution in [1.82, 2.24) is 0 Å². The summed E-state index contributed by atoms with van der Waals surface area (Å²) in [5.74, 6) is -9.76. The number of fused-ring (bicyclic) bond motifs is 1. The molecule has 0 fully saturated rings. The molecule has 0 aliphatic carbocycles. The van der Waals surface area contributed by atoms with Gasteiger partial charge in [0.15, 0.2) is 23.2 Å². The van der Waals surface area contributed by atoms with Gasteiger partial charge in [0.05, 0.1) is 17.8 Å². The molecule has 2 aromatic rings. The molecule has 0 unspecified atom stereocenters. The molecule has 1 aliphatic heterocycles. The van der Waals surface area contributed by atoms with E-state index in [0.29, 0.717) is 17.0 Å². The molecule has 0 saturated heterocycles. The molecule has 1 aliphatic rings. The van der Waals surface area contributed by atoms with Gasteiger partial charge in [0.1, 0.15) is 11.6 Å². The van der Waals surface area contributed by atoms with Gasteiger partial charge in [-0.3, -0.25) is 9.69 Å². The summed E-state index contributed by atoms with van der Waals surface area (Å²) in [6, 6.07) is 0.928. The van der Waals surface area contributed by atoms with Gasteiger partial charge in [-0.1, -0.05) is 5.92 Å². The fraction of sp³-hybridized carbons (Fsp3) is 0.167. The van der Waals surface area contributed by atoms with Crippen molar-refractivity contribution in [2.45, 2.75) is 13.0 Å². The van der Waals surface area contributed by atoms with Gasteiger partial charge >= 0.3 is 12.0 Å². The second-order valence-corrected chi connectivity index (χ2v) is 5.77. The molecule has 0 N–H and O–H groups in total. The van der Waals surface area contributed by atoms with Crippen LogP contribution >= 0.6 is 0 Å². The minimum absolute atomic E-state index is 0.337. The number of terminal acetylenes is 1. The maximum atomic E-state index is 14.4. The highest BCUT2D eigenvalue weighted by atomic mass is 19.3. The minimum Gasteiger partial charge on any atom is -0.423 e. The third-order valence-corrected chi connectivity index (χ3v) is 4.07. The normalized spacial score (nSPS) is 15.1. The van der Waals surface area contributed by atoms with Gasteiger partial charge in [-0.15, -0.1) is 6.42 Å². The number of benzene rings is 2. The zero-order valence-electron chi connectivity index (χ0n) is 13.8. The van der Waals surface area contributed by atoms with Crippen molar-refractivity contribution in [2.24, 2.45) is 0 Å². The Morgan fingerprint density at radius 2 is 1.71 bits per heavy atom. The average molecular weight is 403 g/mol. The van der Waals surface area contributed by atoms with Crippen LogP contribution in [0, 0.1) is 48.4 Å². The molecule has 1 heterocycles. The molecule has 28 heavy (non-hydrogen) atoms. The Morgan fingerprint density at radius 1 is 1.07 bits per heavy atom. The van der Waals surface area contributed by atoms with Gasteiger partial charge < -0.3 is 4.74 Å². The number of rotatable bonds is 2. The van der Waals surface area contributed by atoms with Crippen molar-refractivity contribution in [1.29, 1.82) is 0 Å². The van der Waals surface area contributed by atoms with Crippen LogP contribution in [0.5, 0.6) is 5.75 Å². The van der Waals surface area contributed by atoms with Crippen LogP contribution < -0.4 is 9.64 Å². The maximum Gasteiger partial charge on any atom is 0.483 e. The Bertz CT molecular complexity index is 1030. The first-order valence-corrected chi connectivity index (χ1v) is 7.50. The Morgan fingerprint density at radius 3 is 2.32 bits per heavy atom. The van der Waals surface area contributed by atoms with E-state index in [1.54, 1.807) is 0 Å². The van der Waals surface area contributed by atoms with Crippen molar-refractivity contribution in [3.8, 4) is 29.2 Å². The largest absolute Gasteiger partial charge is 0.483 e. The van der Waals surface area contributed by atoms with Gasteiger partial charge in [0.25, 0.3) is 0 Å². The van der Waals surface area contributed by atoms with Crippen LogP contribution in [0.15, 0.2) is 12.1 Å². The first-order valence-electron chi connectivity index (χ1n) is 7.50.